The van der Waals surface area contributed by atoms with E-state index in [0.29, 0.717) is 30.3 Å². The van der Waals surface area contributed by atoms with Gasteiger partial charge in [0.15, 0.2) is 11.5 Å². The number of hydrogen-bond acceptors (Lipinski definition) is 9. The van der Waals surface area contributed by atoms with Crippen LogP contribution >= 0.6 is 0 Å². The van der Waals surface area contributed by atoms with Crippen LogP contribution in [0.3, 0.4) is 0 Å². The third kappa shape index (κ3) is 6.01. The first-order valence-corrected chi connectivity index (χ1v) is 11.2. The predicted molar refractivity (Wildman–Crippen MR) is 130 cm³/mol. The Balaban J connectivity index is 1.47. The van der Waals surface area contributed by atoms with E-state index in [1.54, 1.807) is 0 Å². The molecule has 1 aliphatic rings. The zero-order valence-corrected chi connectivity index (χ0v) is 19.3. The van der Waals surface area contributed by atoms with Crippen LogP contribution in [0.5, 0.6) is 11.5 Å². The summed E-state index contributed by atoms with van der Waals surface area (Å²) in [5.74, 6) is 3.53. The fourth-order valence-corrected chi connectivity index (χ4v) is 3.45. The van der Waals surface area contributed by atoms with Gasteiger partial charge in [-0.3, -0.25) is 0 Å². The number of fused-ring (bicyclic) bond motifs is 1. The van der Waals surface area contributed by atoms with Crippen molar-refractivity contribution in [1.29, 1.82) is 0 Å². The minimum Gasteiger partial charge on any atom is -0.454 e. The fraction of sp³-hybridized carbons (Fsp3) is 0.375. The molecule has 9 heteroatoms. The highest BCUT2D eigenvalue weighted by Gasteiger charge is 2.15. The summed E-state index contributed by atoms with van der Waals surface area (Å²) in [6, 6.07) is 16.3. The molecule has 33 heavy (non-hydrogen) atoms. The maximum atomic E-state index is 5.48. The van der Waals surface area contributed by atoms with Crippen molar-refractivity contribution in [3.63, 3.8) is 0 Å². The zero-order valence-electron chi connectivity index (χ0n) is 19.3. The minimum absolute atomic E-state index is 0.262. The van der Waals surface area contributed by atoms with E-state index >= 15 is 0 Å². The first kappa shape index (κ1) is 22.6. The Morgan fingerprint density at radius 3 is 2.52 bits per heavy atom. The van der Waals surface area contributed by atoms with E-state index in [2.05, 4.69) is 62.1 Å². The van der Waals surface area contributed by atoms with Gasteiger partial charge in [-0.1, -0.05) is 43.3 Å². The van der Waals surface area contributed by atoms with Gasteiger partial charge in [-0.2, -0.15) is 15.0 Å². The van der Waals surface area contributed by atoms with Crippen molar-refractivity contribution in [3.8, 4) is 11.5 Å². The van der Waals surface area contributed by atoms with Crippen LogP contribution in [-0.4, -0.2) is 55.5 Å². The molecule has 174 valence electrons. The van der Waals surface area contributed by atoms with Crippen molar-refractivity contribution in [2.45, 2.75) is 19.4 Å². The van der Waals surface area contributed by atoms with Crippen molar-refractivity contribution in [2.24, 2.45) is 0 Å². The van der Waals surface area contributed by atoms with Crippen LogP contribution in [0.2, 0.25) is 0 Å². The van der Waals surface area contributed by atoms with Gasteiger partial charge in [-0.25, -0.2) is 0 Å². The van der Waals surface area contributed by atoms with Gasteiger partial charge >= 0.3 is 0 Å². The number of rotatable bonds is 11. The summed E-state index contributed by atoms with van der Waals surface area (Å²) in [7, 11) is 3.90. The third-order valence-electron chi connectivity index (χ3n) is 5.48. The molecule has 1 unspecified atom stereocenters. The Morgan fingerprint density at radius 2 is 1.73 bits per heavy atom. The molecule has 0 bridgehead atoms. The summed E-state index contributed by atoms with van der Waals surface area (Å²) in [6.45, 7) is 5.33. The van der Waals surface area contributed by atoms with Crippen molar-refractivity contribution in [1.82, 2.24) is 20.3 Å². The Kier molecular flexibility index (Phi) is 7.41. The monoisotopic (exact) mass is 449 g/mol. The summed E-state index contributed by atoms with van der Waals surface area (Å²) in [6.07, 6.45) is 0. The smallest absolute Gasteiger partial charge is 0.231 e. The fourth-order valence-electron chi connectivity index (χ4n) is 3.45. The molecule has 1 atom stereocenters. The summed E-state index contributed by atoms with van der Waals surface area (Å²) in [5, 5.41) is 9.86. The molecule has 9 nitrogen and oxygen atoms in total. The van der Waals surface area contributed by atoms with E-state index in [4.69, 9.17) is 9.47 Å². The Hall–Kier alpha value is -3.59. The standard InChI is InChI=1S/C24H31N7O2/c1-17(19-7-5-4-6-8-19)14-26-22-28-23(30-24(29-22)31(3)12-11-25-2)27-15-18-9-10-20-21(13-18)33-16-32-20/h4-10,13,17,25H,11-12,14-16H2,1-3H3,(H2,26,27,28,29,30). The van der Waals surface area contributed by atoms with E-state index in [1.165, 1.54) is 5.56 Å². The SMILES string of the molecule is CNCCN(C)c1nc(NCc2ccc3c(c2)OCO3)nc(NCC(C)c2ccccc2)n1. The second-order valence-corrected chi connectivity index (χ2v) is 8.04. The van der Waals surface area contributed by atoms with Crippen molar-refractivity contribution in [3.05, 3.63) is 59.7 Å². The van der Waals surface area contributed by atoms with Crippen molar-refractivity contribution < 1.29 is 9.47 Å². The van der Waals surface area contributed by atoms with E-state index in [-0.39, 0.29) is 6.79 Å². The lowest BCUT2D eigenvalue weighted by atomic mass is 10.0. The number of aromatic nitrogens is 3. The van der Waals surface area contributed by atoms with Gasteiger partial charge in [0.25, 0.3) is 0 Å². The lowest BCUT2D eigenvalue weighted by Gasteiger charge is -2.19. The largest absolute Gasteiger partial charge is 0.454 e. The molecule has 0 radical (unpaired) electrons. The van der Waals surface area contributed by atoms with Gasteiger partial charge in [-0.15, -0.1) is 0 Å². The van der Waals surface area contributed by atoms with E-state index in [9.17, 15) is 0 Å². The Morgan fingerprint density at radius 1 is 0.970 bits per heavy atom. The number of likely N-dealkylation sites (N-methyl/N-ethyl adjacent to an activating group) is 2. The van der Waals surface area contributed by atoms with E-state index in [0.717, 1.165) is 36.7 Å². The van der Waals surface area contributed by atoms with Crippen LogP contribution in [0.25, 0.3) is 0 Å². The molecule has 1 aromatic heterocycles. The molecular formula is C24H31N7O2. The maximum absolute atomic E-state index is 5.48. The lowest BCUT2D eigenvalue weighted by Crippen LogP contribution is -2.29. The highest BCUT2D eigenvalue weighted by molar-refractivity contribution is 5.47. The maximum Gasteiger partial charge on any atom is 0.231 e. The number of nitrogens with one attached hydrogen (secondary N) is 3. The summed E-state index contributed by atoms with van der Waals surface area (Å²) >= 11 is 0. The molecule has 3 aromatic rings. The summed E-state index contributed by atoms with van der Waals surface area (Å²) in [4.78, 5) is 15.9. The molecular weight excluding hydrogens is 418 g/mol. The topological polar surface area (TPSA) is 96.5 Å². The molecule has 3 N–H and O–H groups in total. The quantitative estimate of drug-likeness (QED) is 0.408. The third-order valence-corrected chi connectivity index (χ3v) is 5.48. The van der Waals surface area contributed by atoms with E-state index in [1.807, 2.05) is 43.3 Å². The molecule has 0 amide bonds. The van der Waals surface area contributed by atoms with Gasteiger partial charge in [0, 0.05) is 33.2 Å². The molecule has 0 saturated carbocycles. The summed E-state index contributed by atoms with van der Waals surface area (Å²) < 4.78 is 10.9. The van der Waals surface area contributed by atoms with E-state index < -0.39 is 0 Å². The van der Waals surface area contributed by atoms with Crippen molar-refractivity contribution >= 4 is 17.8 Å². The average molecular weight is 450 g/mol. The molecule has 0 saturated heterocycles. The van der Waals surface area contributed by atoms with Crippen LogP contribution in [0, 0.1) is 0 Å². The van der Waals surface area contributed by atoms with Crippen LogP contribution in [0.15, 0.2) is 48.5 Å². The summed E-state index contributed by atoms with van der Waals surface area (Å²) in [5.41, 5.74) is 2.32. The minimum atomic E-state index is 0.262. The van der Waals surface area contributed by atoms with Gasteiger partial charge in [0.2, 0.25) is 24.6 Å². The van der Waals surface area contributed by atoms with Gasteiger partial charge in [-0.05, 0) is 36.2 Å². The molecule has 0 fully saturated rings. The van der Waals surface area contributed by atoms with Crippen LogP contribution in [-0.2, 0) is 6.54 Å². The van der Waals surface area contributed by atoms with Crippen LogP contribution in [0.1, 0.15) is 24.0 Å². The lowest BCUT2D eigenvalue weighted by molar-refractivity contribution is 0.174. The van der Waals surface area contributed by atoms with Gasteiger partial charge in [0.05, 0.1) is 0 Å². The first-order chi connectivity index (χ1) is 16.1. The number of hydrogen-bond donors (Lipinski definition) is 3. The molecule has 2 aromatic carbocycles. The van der Waals surface area contributed by atoms with Crippen LogP contribution in [0.4, 0.5) is 17.8 Å². The molecule has 0 aliphatic carbocycles. The Labute approximate surface area is 194 Å². The second kappa shape index (κ2) is 10.8. The highest BCUT2D eigenvalue weighted by Crippen LogP contribution is 2.32. The normalized spacial score (nSPS) is 12.9. The zero-order chi connectivity index (χ0) is 23.0. The number of benzene rings is 2. The predicted octanol–water partition coefficient (Wildman–Crippen LogP) is 3.08. The molecule has 4 rings (SSSR count). The number of ether oxygens (including phenoxy) is 2. The number of nitrogens with zero attached hydrogens (tertiary/aromatic N) is 4. The van der Waals surface area contributed by atoms with Gasteiger partial charge in [0.1, 0.15) is 0 Å². The average Bonchev–Trinajstić information content (AvgIpc) is 3.33. The van der Waals surface area contributed by atoms with Gasteiger partial charge < -0.3 is 30.3 Å². The van der Waals surface area contributed by atoms with Crippen molar-refractivity contribution in [2.75, 3.05) is 56.1 Å². The first-order valence-electron chi connectivity index (χ1n) is 11.2. The molecule has 1 aliphatic heterocycles. The second-order valence-electron chi connectivity index (χ2n) is 8.04. The molecule has 0 spiro atoms. The van der Waals surface area contributed by atoms with Crippen LogP contribution < -0.4 is 30.3 Å². The molecule has 2 heterocycles. The number of anilines is 3. The Bertz CT molecular complexity index is 1050. The highest BCUT2D eigenvalue weighted by atomic mass is 16.7.